The minimum atomic E-state index is -0.268. The van der Waals surface area contributed by atoms with Crippen LogP contribution in [0.1, 0.15) is 53.6 Å². The van der Waals surface area contributed by atoms with Crippen LogP contribution in [0.25, 0.3) is 11.0 Å². The number of H-pyrrole nitrogens is 1. The lowest BCUT2D eigenvalue weighted by Gasteiger charge is -2.26. The molecule has 7 nitrogen and oxygen atoms in total. The first-order chi connectivity index (χ1) is 13.0. The van der Waals surface area contributed by atoms with Crippen molar-refractivity contribution < 1.29 is 14.3 Å². The normalized spacial score (nSPS) is 20.1. The third-order valence-electron chi connectivity index (χ3n) is 5.23. The largest absolute Gasteiger partial charge is 0.465 e. The number of imidazole rings is 1. The van der Waals surface area contributed by atoms with E-state index in [4.69, 9.17) is 4.42 Å². The Balaban J connectivity index is 1.54. The average Bonchev–Trinajstić information content (AvgIpc) is 3.22. The Morgan fingerprint density at radius 1 is 1.26 bits per heavy atom. The molecule has 1 aliphatic rings. The van der Waals surface area contributed by atoms with E-state index in [0.717, 1.165) is 24.1 Å². The van der Waals surface area contributed by atoms with Crippen LogP contribution in [0.3, 0.4) is 0 Å². The summed E-state index contributed by atoms with van der Waals surface area (Å²) in [7, 11) is 0. The molecule has 0 spiro atoms. The molecule has 1 amide bonds. The van der Waals surface area contributed by atoms with Crippen molar-refractivity contribution >= 4 is 16.9 Å². The highest BCUT2D eigenvalue weighted by molar-refractivity contribution is 5.97. The van der Waals surface area contributed by atoms with E-state index in [-0.39, 0.29) is 23.7 Å². The van der Waals surface area contributed by atoms with E-state index in [9.17, 15) is 14.7 Å². The number of nitrogens with zero attached hydrogens (tertiary/aromatic N) is 1. The van der Waals surface area contributed by atoms with Gasteiger partial charge in [0.05, 0.1) is 23.7 Å². The molecular formula is C20H23N3O4. The number of aliphatic hydroxyl groups excluding tert-OH is 1. The van der Waals surface area contributed by atoms with Crippen molar-refractivity contribution in [3.05, 3.63) is 57.9 Å². The van der Waals surface area contributed by atoms with E-state index >= 15 is 0 Å². The third-order valence-corrected chi connectivity index (χ3v) is 5.23. The number of carbonyl (C=O) groups is 1. The molecule has 1 saturated carbocycles. The van der Waals surface area contributed by atoms with Crippen LogP contribution in [-0.2, 0) is 6.54 Å². The molecule has 0 aliphatic heterocycles. The number of nitrogens with one attached hydrogen (secondary N) is 2. The number of furan rings is 1. The number of amides is 1. The van der Waals surface area contributed by atoms with Crippen LogP contribution in [0.2, 0.25) is 0 Å². The molecule has 1 aliphatic carbocycles. The fourth-order valence-corrected chi connectivity index (χ4v) is 3.80. The first kappa shape index (κ1) is 17.6. The van der Waals surface area contributed by atoms with Gasteiger partial charge in [-0.1, -0.05) is 0 Å². The van der Waals surface area contributed by atoms with E-state index in [1.54, 1.807) is 16.7 Å². The van der Waals surface area contributed by atoms with Crippen LogP contribution in [0, 0.1) is 6.92 Å². The fraction of sp³-hybridized carbons (Fsp3) is 0.400. The van der Waals surface area contributed by atoms with Gasteiger partial charge in [-0.15, -0.1) is 0 Å². The highest BCUT2D eigenvalue weighted by Crippen LogP contribution is 2.29. The summed E-state index contributed by atoms with van der Waals surface area (Å²) in [6.45, 7) is 2.17. The highest BCUT2D eigenvalue weighted by Gasteiger charge is 2.24. The Morgan fingerprint density at radius 3 is 2.74 bits per heavy atom. The lowest BCUT2D eigenvalue weighted by molar-refractivity contribution is 0.0948. The minimum absolute atomic E-state index is 0.0801. The van der Waals surface area contributed by atoms with Crippen LogP contribution < -0.4 is 11.0 Å². The number of fused-ring (bicyclic) bond motifs is 1. The molecule has 2 heterocycles. The Labute approximate surface area is 156 Å². The number of aryl methyl sites for hydroxylation is 1. The van der Waals surface area contributed by atoms with Gasteiger partial charge in [0.25, 0.3) is 5.91 Å². The van der Waals surface area contributed by atoms with E-state index in [1.807, 2.05) is 25.1 Å². The number of aliphatic hydroxyl groups is 1. The van der Waals surface area contributed by atoms with Gasteiger partial charge in [-0.3, -0.25) is 9.36 Å². The number of aromatic nitrogens is 2. The molecule has 0 atom stereocenters. The van der Waals surface area contributed by atoms with Crippen LogP contribution in [0.4, 0.5) is 0 Å². The summed E-state index contributed by atoms with van der Waals surface area (Å²) in [6, 6.07) is 9.00. The third kappa shape index (κ3) is 3.55. The summed E-state index contributed by atoms with van der Waals surface area (Å²) in [6.07, 6.45) is 2.69. The molecule has 0 saturated heterocycles. The van der Waals surface area contributed by atoms with Crippen LogP contribution in [0.5, 0.6) is 0 Å². The maximum absolute atomic E-state index is 12.4. The van der Waals surface area contributed by atoms with E-state index in [2.05, 4.69) is 10.3 Å². The lowest BCUT2D eigenvalue weighted by Crippen LogP contribution is -2.27. The van der Waals surface area contributed by atoms with E-state index < -0.39 is 0 Å². The van der Waals surface area contributed by atoms with Crippen molar-refractivity contribution in [2.75, 3.05) is 0 Å². The highest BCUT2D eigenvalue weighted by atomic mass is 16.3. The van der Waals surface area contributed by atoms with Gasteiger partial charge in [-0.2, -0.15) is 0 Å². The molecule has 4 rings (SSSR count). The van der Waals surface area contributed by atoms with Crippen LogP contribution in [-0.4, -0.2) is 26.7 Å². The molecule has 0 radical (unpaired) electrons. The number of hydrogen-bond donors (Lipinski definition) is 3. The van der Waals surface area contributed by atoms with Gasteiger partial charge < -0.3 is 19.8 Å². The molecule has 2 aromatic heterocycles. The van der Waals surface area contributed by atoms with Crippen LogP contribution in [0.15, 0.2) is 39.5 Å². The zero-order chi connectivity index (χ0) is 19.0. The summed E-state index contributed by atoms with van der Waals surface area (Å²) in [5, 5.41) is 12.5. The number of hydrogen-bond acceptors (Lipinski definition) is 4. The number of benzene rings is 1. The molecule has 1 aromatic carbocycles. The Morgan fingerprint density at radius 2 is 2.04 bits per heavy atom. The van der Waals surface area contributed by atoms with E-state index in [1.165, 1.54) is 0 Å². The molecule has 7 heteroatoms. The topological polar surface area (TPSA) is 100 Å². The summed E-state index contributed by atoms with van der Waals surface area (Å²) >= 11 is 0. The van der Waals surface area contributed by atoms with Gasteiger partial charge in [0.1, 0.15) is 11.5 Å². The first-order valence-electron chi connectivity index (χ1n) is 9.27. The maximum Gasteiger partial charge on any atom is 0.326 e. The molecule has 142 valence electrons. The molecule has 0 unspecified atom stereocenters. The first-order valence-corrected chi connectivity index (χ1v) is 9.27. The zero-order valence-electron chi connectivity index (χ0n) is 15.2. The Hall–Kier alpha value is -2.80. The van der Waals surface area contributed by atoms with Crippen molar-refractivity contribution in [2.24, 2.45) is 0 Å². The Bertz CT molecular complexity index is 1020. The van der Waals surface area contributed by atoms with Crippen molar-refractivity contribution in [1.82, 2.24) is 14.9 Å². The molecule has 0 bridgehead atoms. The lowest BCUT2D eigenvalue weighted by atomic mass is 9.93. The monoisotopic (exact) mass is 369 g/mol. The van der Waals surface area contributed by atoms with Crippen LogP contribution >= 0.6 is 0 Å². The van der Waals surface area contributed by atoms with Crippen molar-refractivity contribution in [2.45, 2.75) is 51.3 Å². The van der Waals surface area contributed by atoms with Gasteiger partial charge >= 0.3 is 5.69 Å². The van der Waals surface area contributed by atoms with Crippen molar-refractivity contribution in [3.63, 3.8) is 0 Å². The van der Waals surface area contributed by atoms with Gasteiger partial charge in [0.2, 0.25) is 0 Å². The van der Waals surface area contributed by atoms with Crippen molar-refractivity contribution in [3.8, 4) is 0 Å². The second kappa shape index (κ2) is 7.08. The Kier molecular flexibility index (Phi) is 4.61. The summed E-state index contributed by atoms with van der Waals surface area (Å²) in [5.41, 5.74) is 1.75. The average molecular weight is 369 g/mol. The second-order valence-corrected chi connectivity index (χ2v) is 7.19. The molecule has 1 fully saturated rings. The summed E-state index contributed by atoms with van der Waals surface area (Å²) in [4.78, 5) is 27.7. The van der Waals surface area contributed by atoms with Gasteiger partial charge in [0.15, 0.2) is 0 Å². The number of aromatic amines is 1. The summed E-state index contributed by atoms with van der Waals surface area (Å²) < 4.78 is 7.21. The predicted octanol–water partition coefficient (Wildman–Crippen LogP) is 2.64. The standard InChI is InChI=1S/C20H23N3O4/c1-12-2-8-16(27-12)11-21-19(25)13-3-9-18-17(10-13)22-20(26)23(18)14-4-6-15(24)7-5-14/h2-3,8-10,14-15,24H,4-7,11H2,1H3,(H,21,25)(H,22,26). The quantitative estimate of drug-likeness (QED) is 0.658. The predicted molar refractivity (Wildman–Crippen MR) is 101 cm³/mol. The maximum atomic E-state index is 12.4. The molecule has 27 heavy (non-hydrogen) atoms. The smallest absolute Gasteiger partial charge is 0.326 e. The second-order valence-electron chi connectivity index (χ2n) is 7.19. The molecule has 3 aromatic rings. The minimum Gasteiger partial charge on any atom is -0.465 e. The van der Waals surface area contributed by atoms with Gasteiger partial charge in [0, 0.05) is 11.6 Å². The van der Waals surface area contributed by atoms with E-state index in [0.29, 0.717) is 36.2 Å². The SMILES string of the molecule is Cc1ccc(CNC(=O)c2ccc3c(c2)[nH]c(=O)n3C2CCC(O)CC2)o1. The molecule has 3 N–H and O–H groups in total. The zero-order valence-corrected chi connectivity index (χ0v) is 15.2. The van der Waals surface area contributed by atoms with Gasteiger partial charge in [-0.05, 0) is 62.9 Å². The fourth-order valence-electron chi connectivity index (χ4n) is 3.80. The number of carbonyl (C=O) groups excluding carboxylic acids is 1. The number of rotatable bonds is 4. The van der Waals surface area contributed by atoms with Gasteiger partial charge in [-0.25, -0.2) is 4.79 Å². The molecular weight excluding hydrogens is 346 g/mol. The van der Waals surface area contributed by atoms with Crippen molar-refractivity contribution in [1.29, 1.82) is 0 Å². The summed E-state index contributed by atoms with van der Waals surface area (Å²) in [5.74, 6) is 1.27.